The van der Waals surface area contributed by atoms with E-state index in [4.69, 9.17) is 32.9 Å². The fourth-order valence-electron chi connectivity index (χ4n) is 3.54. The summed E-state index contributed by atoms with van der Waals surface area (Å²) in [6.45, 7) is 6.22. The van der Waals surface area contributed by atoms with Gasteiger partial charge in [0.25, 0.3) is 0 Å². The van der Waals surface area contributed by atoms with Gasteiger partial charge in [0.1, 0.15) is 0 Å². The second-order valence-electron chi connectivity index (χ2n) is 7.29. The van der Waals surface area contributed by atoms with E-state index in [-0.39, 0.29) is 11.6 Å². The van der Waals surface area contributed by atoms with Crippen molar-refractivity contribution < 1.29 is 9.53 Å². The topological polar surface area (TPSA) is 52.1 Å². The summed E-state index contributed by atoms with van der Waals surface area (Å²) in [5.74, 6) is -0.308. The van der Waals surface area contributed by atoms with Crippen LogP contribution in [0.1, 0.15) is 86.6 Å². The normalized spacial score (nSPS) is 12.1. The largest absolute Gasteiger partial charge is 0.464 e. The monoisotopic (exact) mass is 436 g/mol. The number of methoxy groups -OCH3 is 1. The molecule has 0 spiro atoms. The zero-order chi connectivity index (χ0) is 21.4. The van der Waals surface area contributed by atoms with Crippen LogP contribution in [-0.4, -0.2) is 23.0 Å². The smallest absolute Gasteiger partial charge is 0.358 e. The number of aryl methyl sites for hydroxylation is 1. The van der Waals surface area contributed by atoms with E-state index in [0.29, 0.717) is 27.0 Å². The van der Waals surface area contributed by atoms with Crippen molar-refractivity contribution in [3.63, 3.8) is 0 Å². The molecule has 29 heavy (non-hydrogen) atoms. The zero-order valence-corrected chi connectivity index (χ0v) is 19.2. The number of benzene rings is 1. The molecular weight excluding hydrogens is 407 g/mol. The molecule has 158 valence electrons. The minimum atomic E-state index is -0.476. The van der Waals surface area contributed by atoms with E-state index in [2.05, 4.69) is 18.8 Å². The van der Waals surface area contributed by atoms with E-state index in [1.54, 1.807) is 6.07 Å². The van der Waals surface area contributed by atoms with Gasteiger partial charge in [-0.2, -0.15) is 0 Å². The van der Waals surface area contributed by atoms with Crippen LogP contribution in [0.5, 0.6) is 0 Å². The number of unbranched alkanes of at least 4 members (excludes halogenated alkanes) is 4. The molecule has 4 nitrogen and oxygen atoms in total. The fraction of sp³-hybridized carbons (Fsp3) is 0.522. The van der Waals surface area contributed by atoms with Crippen molar-refractivity contribution in [1.82, 2.24) is 9.97 Å². The number of hydrogen-bond acceptors (Lipinski definition) is 4. The first-order valence-corrected chi connectivity index (χ1v) is 11.1. The maximum atomic E-state index is 12.5. The molecule has 0 radical (unpaired) electrons. The molecule has 0 fully saturated rings. The van der Waals surface area contributed by atoms with Gasteiger partial charge in [-0.1, -0.05) is 81.3 Å². The Hall–Kier alpha value is -1.65. The predicted octanol–water partition coefficient (Wildman–Crippen LogP) is 7.40. The first-order valence-electron chi connectivity index (χ1n) is 10.4. The number of carbonyl (C=O) groups excluding carboxylic acids is 1. The van der Waals surface area contributed by atoms with E-state index < -0.39 is 5.97 Å². The summed E-state index contributed by atoms with van der Waals surface area (Å²) in [5, 5.41) is 0.839. The molecule has 1 atom stereocenters. The Kier molecular flexibility index (Phi) is 9.38. The summed E-state index contributed by atoms with van der Waals surface area (Å²) < 4.78 is 5.01. The van der Waals surface area contributed by atoms with Gasteiger partial charge in [-0.25, -0.2) is 9.78 Å². The second-order valence-corrected chi connectivity index (χ2v) is 8.08. The van der Waals surface area contributed by atoms with Crippen molar-refractivity contribution in [3.8, 4) is 11.3 Å². The first kappa shape index (κ1) is 23.6. The van der Waals surface area contributed by atoms with Crippen LogP contribution >= 0.6 is 23.2 Å². The number of aromatic nitrogens is 2. The number of rotatable bonds is 10. The molecule has 0 N–H and O–H groups in total. The molecule has 2 aromatic rings. The lowest BCUT2D eigenvalue weighted by Gasteiger charge is -2.19. The van der Waals surface area contributed by atoms with E-state index in [1.807, 2.05) is 19.1 Å². The third kappa shape index (κ3) is 5.93. The highest BCUT2D eigenvalue weighted by atomic mass is 35.5. The molecule has 0 aliphatic carbocycles. The van der Waals surface area contributed by atoms with E-state index in [1.165, 1.54) is 32.8 Å². The Morgan fingerprint density at radius 2 is 1.83 bits per heavy atom. The molecule has 0 saturated heterocycles. The second kappa shape index (κ2) is 11.5. The van der Waals surface area contributed by atoms with Crippen LogP contribution in [0.2, 0.25) is 10.0 Å². The van der Waals surface area contributed by atoms with Crippen molar-refractivity contribution in [1.29, 1.82) is 0 Å². The molecule has 0 aliphatic heterocycles. The van der Waals surface area contributed by atoms with Crippen molar-refractivity contribution >= 4 is 29.2 Å². The lowest BCUT2D eigenvalue weighted by Crippen LogP contribution is -2.16. The maximum absolute atomic E-state index is 12.5. The summed E-state index contributed by atoms with van der Waals surface area (Å²) in [5.41, 5.74) is 2.92. The summed E-state index contributed by atoms with van der Waals surface area (Å²) in [4.78, 5) is 22.0. The number of halogens is 2. The van der Waals surface area contributed by atoms with Gasteiger partial charge in [0.15, 0.2) is 5.69 Å². The minimum Gasteiger partial charge on any atom is -0.464 e. The average molecular weight is 437 g/mol. The molecule has 0 bridgehead atoms. The number of nitrogens with zero attached hydrogens (tertiary/aromatic N) is 2. The molecule has 1 aromatic heterocycles. The van der Waals surface area contributed by atoms with Gasteiger partial charge < -0.3 is 4.74 Å². The zero-order valence-electron chi connectivity index (χ0n) is 17.7. The number of carbonyl (C=O) groups is 1. The third-order valence-electron chi connectivity index (χ3n) is 5.22. The van der Waals surface area contributed by atoms with Gasteiger partial charge in [0.2, 0.25) is 0 Å². The lowest BCUT2D eigenvalue weighted by molar-refractivity contribution is 0.0591. The van der Waals surface area contributed by atoms with Gasteiger partial charge in [-0.15, -0.1) is 0 Å². The van der Waals surface area contributed by atoms with Crippen molar-refractivity contribution in [2.45, 2.75) is 71.6 Å². The molecule has 2 rings (SSSR count). The van der Waals surface area contributed by atoms with Crippen molar-refractivity contribution in [2.75, 3.05) is 7.11 Å². The fourth-order valence-corrected chi connectivity index (χ4v) is 3.93. The molecule has 6 heteroatoms. The van der Waals surface area contributed by atoms with E-state index in [9.17, 15) is 4.79 Å². The lowest BCUT2D eigenvalue weighted by atomic mass is 9.92. The minimum absolute atomic E-state index is 0.167. The Balaban J connectivity index is 2.43. The molecule has 1 unspecified atom stereocenters. The Bertz CT molecular complexity index is 840. The van der Waals surface area contributed by atoms with Crippen LogP contribution in [-0.2, 0) is 4.74 Å². The molecule has 1 aromatic carbocycles. The quantitative estimate of drug-likeness (QED) is 0.287. The van der Waals surface area contributed by atoms with Gasteiger partial charge in [-0.05, 0) is 25.8 Å². The van der Waals surface area contributed by atoms with Crippen LogP contribution < -0.4 is 0 Å². The summed E-state index contributed by atoms with van der Waals surface area (Å²) in [6, 6.07) is 5.36. The molecular formula is C23H30Cl2N2O2. The number of esters is 1. The van der Waals surface area contributed by atoms with Gasteiger partial charge >= 0.3 is 5.97 Å². The van der Waals surface area contributed by atoms with Crippen molar-refractivity contribution in [3.05, 3.63) is 45.3 Å². The Morgan fingerprint density at radius 3 is 2.48 bits per heavy atom. The molecule has 0 amide bonds. The van der Waals surface area contributed by atoms with Crippen LogP contribution in [0.4, 0.5) is 0 Å². The highest BCUT2D eigenvalue weighted by Gasteiger charge is 2.25. The van der Waals surface area contributed by atoms with Crippen LogP contribution in [0.3, 0.4) is 0 Å². The van der Waals surface area contributed by atoms with Gasteiger partial charge in [0, 0.05) is 11.5 Å². The van der Waals surface area contributed by atoms with Gasteiger partial charge in [-0.3, -0.25) is 4.98 Å². The number of hydrogen-bond donors (Lipinski definition) is 0. The summed E-state index contributed by atoms with van der Waals surface area (Å²) >= 11 is 12.6. The summed E-state index contributed by atoms with van der Waals surface area (Å²) in [7, 11) is 1.37. The van der Waals surface area contributed by atoms with Crippen LogP contribution in [0.25, 0.3) is 11.3 Å². The van der Waals surface area contributed by atoms with Crippen LogP contribution in [0, 0.1) is 6.92 Å². The standard InChI is InChI=1S/C23H30Cl2N2O2/c1-5-7-8-9-10-12-16(6-2)21-22(23(28)29-4)27-20(15(3)26-21)17-13-11-14-18(24)19(17)25/h11,13-14,16H,5-10,12H2,1-4H3. The SMILES string of the molecule is CCCCCCCC(CC)c1nc(C)c(-c2cccc(Cl)c2Cl)nc1C(=O)OC. The van der Waals surface area contributed by atoms with Crippen molar-refractivity contribution in [2.24, 2.45) is 0 Å². The third-order valence-corrected chi connectivity index (χ3v) is 6.04. The van der Waals surface area contributed by atoms with E-state index in [0.717, 1.165) is 25.0 Å². The number of ether oxygens (including phenoxy) is 1. The Morgan fingerprint density at radius 1 is 1.10 bits per heavy atom. The van der Waals surface area contributed by atoms with Crippen LogP contribution in [0.15, 0.2) is 18.2 Å². The predicted molar refractivity (Wildman–Crippen MR) is 120 cm³/mol. The molecule has 0 aliphatic rings. The van der Waals surface area contributed by atoms with Gasteiger partial charge in [0.05, 0.1) is 34.2 Å². The molecule has 0 saturated carbocycles. The Labute approximate surface area is 184 Å². The molecule has 1 heterocycles. The average Bonchev–Trinajstić information content (AvgIpc) is 2.72. The summed E-state index contributed by atoms with van der Waals surface area (Å²) in [6.07, 6.45) is 7.91. The van der Waals surface area contributed by atoms with E-state index >= 15 is 0 Å². The maximum Gasteiger partial charge on any atom is 0.358 e. The highest BCUT2D eigenvalue weighted by Crippen LogP contribution is 2.35. The first-order chi connectivity index (χ1) is 13.9. The highest BCUT2D eigenvalue weighted by molar-refractivity contribution is 6.43.